The molecule has 2 unspecified atom stereocenters. The molecule has 1 amide bonds. The van der Waals surface area contributed by atoms with Crippen LogP contribution >= 0.6 is 0 Å². The highest BCUT2D eigenvalue weighted by Crippen LogP contribution is 2.33. The lowest BCUT2D eigenvalue weighted by atomic mass is 9.88. The number of halogens is 1. The number of nitrogens with zero attached hydrogens (tertiary/aromatic N) is 1. The van der Waals surface area contributed by atoms with E-state index < -0.39 is 17.7 Å². The number of piperidine rings is 1. The third kappa shape index (κ3) is 6.78. The summed E-state index contributed by atoms with van der Waals surface area (Å²) in [7, 11) is 0. The lowest BCUT2D eigenvalue weighted by Gasteiger charge is -2.37. The number of esters is 1. The molecule has 0 aromatic heterocycles. The second-order valence-electron chi connectivity index (χ2n) is 7.92. The maximum absolute atomic E-state index is 13.8. The molecule has 1 fully saturated rings. The van der Waals surface area contributed by atoms with Gasteiger partial charge in [0.15, 0.2) is 0 Å². The molecular formula is C21H30FNO5. The van der Waals surface area contributed by atoms with E-state index in [9.17, 15) is 14.0 Å². The highest BCUT2D eigenvalue weighted by molar-refractivity contribution is 5.70. The summed E-state index contributed by atoms with van der Waals surface area (Å²) in [5.41, 5.74) is 0.0622. The topological polar surface area (TPSA) is 65.1 Å². The van der Waals surface area contributed by atoms with Crippen molar-refractivity contribution < 1.29 is 28.2 Å². The second-order valence-corrected chi connectivity index (χ2v) is 7.92. The van der Waals surface area contributed by atoms with Crippen LogP contribution < -0.4 is 0 Å². The fraction of sp³-hybridized carbons (Fsp3) is 0.619. The molecule has 2 rings (SSSR count). The molecule has 1 aliphatic rings. The summed E-state index contributed by atoms with van der Waals surface area (Å²) in [6.07, 6.45) is 0.674. The molecule has 0 bridgehead atoms. The van der Waals surface area contributed by atoms with Crippen LogP contribution in [-0.2, 0) is 19.0 Å². The minimum Gasteiger partial charge on any atom is -0.464 e. The van der Waals surface area contributed by atoms with Crippen molar-refractivity contribution in [2.75, 3.05) is 26.3 Å². The highest BCUT2D eigenvalue weighted by atomic mass is 19.1. The van der Waals surface area contributed by atoms with Crippen molar-refractivity contribution in [3.63, 3.8) is 0 Å². The van der Waals surface area contributed by atoms with Gasteiger partial charge in [-0.3, -0.25) is 0 Å². The molecule has 6 nitrogen and oxygen atoms in total. The van der Waals surface area contributed by atoms with Gasteiger partial charge in [-0.05, 0) is 58.2 Å². The third-order valence-electron chi connectivity index (χ3n) is 4.40. The van der Waals surface area contributed by atoms with Gasteiger partial charge in [0.05, 0.1) is 12.7 Å². The molecule has 1 aromatic rings. The summed E-state index contributed by atoms with van der Waals surface area (Å²) in [5, 5.41) is 0. The van der Waals surface area contributed by atoms with Gasteiger partial charge in [-0.1, -0.05) is 12.1 Å². The number of hydrogen-bond acceptors (Lipinski definition) is 5. The Hall–Kier alpha value is -2.15. The Labute approximate surface area is 165 Å². The first-order chi connectivity index (χ1) is 13.2. The number of amides is 1. The van der Waals surface area contributed by atoms with E-state index in [0.717, 1.165) is 12.8 Å². The van der Waals surface area contributed by atoms with Gasteiger partial charge in [-0.2, -0.15) is 0 Å². The quantitative estimate of drug-likeness (QED) is 0.679. The normalized spacial score (nSPS) is 18.5. The van der Waals surface area contributed by atoms with Crippen molar-refractivity contribution in [3.8, 4) is 0 Å². The lowest BCUT2D eigenvalue weighted by molar-refractivity contribution is -0.152. The van der Waals surface area contributed by atoms with Gasteiger partial charge in [0, 0.05) is 19.0 Å². The number of rotatable bonds is 6. The number of likely N-dealkylation sites (tertiary alicyclic amines) is 1. The van der Waals surface area contributed by atoms with Gasteiger partial charge in [0.2, 0.25) is 0 Å². The van der Waals surface area contributed by atoms with Crippen molar-refractivity contribution in [1.82, 2.24) is 4.90 Å². The molecule has 0 aliphatic carbocycles. The Kier molecular flexibility index (Phi) is 7.80. The highest BCUT2D eigenvalue weighted by Gasteiger charge is 2.33. The van der Waals surface area contributed by atoms with Crippen LogP contribution in [0, 0.1) is 11.7 Å². The number of benzene rings is 1. The first-order valence-corrected chi connectivity index (χ1v) is 9.70. The molecular weight excluding hydrogens is 365 g/mol. The zero-order chi connectivity index (χ0) is 20.7. The third-order valence-corrected chi connectivity index (χ3v) is 4.40. The van der Waals surface area contributed by atoms with Crippen molar-refractivity contribution in [2.45, 2.75) is 52.2 Å². The predicted octanol–water partition coefficient (Wildman–Crippen LogP) is 4.09. The predicted molar refractivity (Wildman–Crippen MR) is 102 cm³/mol. The molecule has 1 aliphatic heterocycles. The Morgan fingerprint density at radius 1 is 1.32 bits per heavy atom. The molecule has 0 spiro atoms. The van der Waals surface area contributed by atoms with Crippen LogP contribution in [0.25, 0.3) is 0 Å². The van der Waals surface area contributed by atoms with Crippen molar-refractivity contribution in [1.29, 1.82) is 0 Å². The maximum Gasteiger partial charge on any atom is 0.410 e. The van der Waals surface area contributed by atoms with Gasteiger partial charge in [-0.15, -0.1) is 0 Å². The van der Waals surface area contributed by atoms with Crippen molar-refractivity contribution in [3.05, 3.63) is 35.6 Å². The first-order valence-electron chi connectivity index (χ1n) is 9.70. The molecule has 2 atom stereocenters. The molecule has 0 radical (unpaired) electrons. The van der Waals surface area contributed by atoms with Gasteiger partial charge >= 0.3 is 12.1 Å². The Morgan fingerprint density at radius 3 is 2.71 bits per heavy atom. The van der Waals surface area contributed by atoms with Crippen LogP contribution in [-0.4, -0.2) is 48.9 Å². The lowest BCUT2D eigenvalue weighted by Crippen LogP contribution is -2.44. The second kappa shape index (κ2) is 9.87. The van der Waals surface area contributed by atoms with Crippen LogP contribution in [0.15, 0.2) is 24.3 Å². The van der Waals surface area contributed by atoms with Crippen LogP contribution in [0.3, 0.4) is 0 Å². The van der Waals surface area contributed by atoms with E-state index in [-0.39, 0.29) is 31.0 Å². The summed E-state index contributed by atoms with van der Waals surface area (Å²) in [6.45, 7) is 8.25. The number of hydrogen-bond donors (Lipinski definition) is 0. The zero-order valence-electron chi connectivity index (χ0n) is 17.1. The smallest absolute Gasteiger partial charge is 0.410 e. The summed E-state index contributed by atoms with van der Waals surface area (Å²) >= 11 is 0. The van der Waals surface area contributed by atoms with Gasteiger partial charge in [-0.25, -0.2) is 14.0 Å². The summed E-state index contributed by atoms with van der Waals surface area (Å²) in [4.78, 5) is 25.9. The number of ether oxygens (including phenoxy) is 3. The van der Waals surface area contributed by atoms with E-state index in [1.807, 2.05) is 20.8 Å². The van der Waals surface area contributed by atoms with E-state index in [4.69, 9.17) is 14.2 Å². The Balaban J connectivity index is 2.14. The van der Waals surface area contributed by atoms with E-state index in [0.29, 0.717) is 18.7 Å². The van der Waals surface area contributed by atoms with Crippen LogP contribution in [0.1, 0.15) is 52.2 Å². The SMILES string of the molecule is CCOC(=O)COC(c1cccc(F)c1)C1CCCN(C(=O)OC(C)(C)C)C1. The van der Waals surface area contributed by atoms with E-state index in [1.165, 1.54) is 12.1 Å². The average molecular weight is 395 g/mol. The van der Waals surface area contributed by atoms with Gasteiger partial charge in [0.1, 0.15) is 18.0 Å². The fourth-order valence-electron chi connectivity index (χ4n) is 3.30. The molecule has 7 heteroatoms. The standard InChI is InChI=1S/C21H30FNO5/c1-5-26-18(24)14-27-19(15-8-6-10-17(22)12-15)16-9-7-11-23(13-16)20(25)28-21(2,3)4/h6,8,10,12,16,19H,5,7,9,11,13-14H2,1-4H3. The van der Waals surface area contributed by atoms with Crippen LogP contribution in [0.4, 0.5) is 9.18 Å². The molecule has 0 saturated carbocycles. The largest absolute Gasteiger partial charge is 0.464 e. The van der Waals surface area contributed by atoms with Crippen molar-refractivity contribution >= 4 is 12.1 Å². The van der Waals surface area contributed by atoms with E-state index >= 15 is 0 Å². The van der Waals surface area contributed by atoms with Crippen LogP contribution in [0.5, 0.6) is 0 Å². The van der Waals surface area contributed by atoms with E-state index in [2.05, 4.69) is 0 Å². The summed E-state index contributed by atoms with van der Waals surface area (Å²) in [5.74, 6) is -0.928. The van der Waals surface area contributed by atoms with Gasteiger partial charge < -0.3 is 19.1 Å². The molecule has 156 valence electrons. The monoisotopic (exact) mass is 395 g/mol. The molecule has 0 N–H and O–H groups in total. The van der Waals surface area contributed by atoms with Crippen molar-refractivity contribution in [2.24, 2.45) is 5.92 Å². The van der Waals surface area contributed by atoms with E-state index in [1.54, 1.807) is 24.0 Å². The average Bonchev–Trinajstić information content (AvgIpc) is 2.61. The fourth-order valence-corrected chi connectivity index (χ4v) is 3.30. The minimum absolute atomic E-state index is 0.0857. The zero-order valence-corrected chi connectivity index (χ0v) is 17.1. The maximum atomic E-state index is 13.8. The minimum atomic E-state index is -0.577. The molecule has 1 saturated heterocycles. The number of carbonyl (C=O) groups is 2. The molecule has 1 heterocycles. The summed E-state index contributed by atoms with van der Waals surface area (Å²) < 4.78 is 30.0. The molecule has 28 heavy (non-hydrogen) atoms. The van der Waals surface area contributed by atoms with Gasteiger partial charge in [0.25, 0.3) is 0 Å². The Morgan fingerprint density at radius 2 is 2.07 bits per heavy atom. The first kappa shape index (κ1) is 22.1. The molecule has 1 aromatic carbocycles. The van der Waals surface area contributed by atoms with Crippen LogP contribution in [0.2, 0.25) is 0 Å². The Bertz CT molecular complexity index is 673. The summed E-state index contributed by atoms with van der Waals surface area (Å²) in [6, 6.07) is 6.15. The number of carbonyl (C=O) groups excluding carboxylic acids is 2.